The number of urea groups is 1. The lowest BCUT2D eigenvalue weighted by Crippen LogP contribution is -2.31. The lowest BCUT2D eigenvalue weighted by molar-refractivity contribution is 0.1000. The number of hydrogen-bond acceptors (Lipinski definition) is 2. The van der Waals surface area contributed by atoms with Crippen LogP contribution in [0.25, 0.3) is 0 Å². The first-order valence-electron chi connectivity index (χ1n) is 7.04. The number of halogens is 1. The molecule has 0 fully saturated rings. The Morgan fingerprint density at radius 3 is 2.61 bits per heavy atom. The van der Waals surface area contributed by atoms with Gasteiger partial charge in [0.15, 0.2) is 0 Å². The first-order valence-corrected chi connectivity index (χ1v) is 7.41. The molecule has 0 aliphatic heterocycles. The molecule has 0 aromatic heterocycles. The molecule has 0 spiro atoms. The van der Waals surface area contributed by atoms with Crippen LogP contribution in [0.15, 0.2) is 42.5 Å². The number of amides is 3. The minimum absolute atomic E-state index is 0.283. The van der Waals surface area contributed by atoms with Crippen LogP contribution in [0.1, 0.15) is 21.5 Å². The van der Waals surface area contributed by atoms with Crippen molar-refractivity contribution in [2.45, 2.75) is 13.5 Å². The smallest absolute Gasteiger partial charge is 0.321 e. The molecule has 0 saturated heterocycles. The molecule has 2 aromatic rings. The molecule has 0 bridgehead atoms. The number of hydrogen-bond donors (Lipinski definition) is 2. The maximum atomic E-state index is 12.3. The second-order valence-corrected chi connectivity index (χ2v) is 5.75. The molecule has 2 rings (SSSR count). The van der Waals surface area contributed by atoms with Gasteiger partial charge in [0.1, 0.15) is 0 Å². The van der Waals surface area contributed by atoms with Gasteiger partial charge < -0.3 is 16.0 Å². The summed E-state index contributed by atoms with van der Waals surface area (Å²) < 4.78 is 0. The third kappa shape index (κ3) is 4.47. The van der Waals surface area contributed by atoms with Crippen molar-refractivity contribution in [2.24, 2.45) is 5.73 Å². The Hall–Kier alpha value is -2.53. The molecule has 3 N–H and O–H groups in total. The number of nitrogens with zero attached hydrogens (tertiary/aromatic N) is 1. The number of benzene rings is 2. The third-order valence-corrected chi connectivity index (χ3v) is 3.65. The van der Waals surface area contributed by atoms with Crippen LogP contribution in [-0.4, -0.2) is 23.9 Å². The highest BCUT2D eigenvalue weighted by Gasteiger charge is 2.12. The zero-order chi connectivity index (χ0) is 17.0. The molecule has 0 heterocycles. The lowest BCUT2D eigenvalue weighted by Gasteiger charge is -2.19. The van der Waals surface area contributed by atoms with Crippen LogP contribution in [0.3, 0.4) is 0 Å². The molecule has 5 nitrogen and oxygen atoms in total. The van der Waals surface area contributed by atoms with E-state index in [-0.39, 0.29) is 6.03 Å². The Morgan fingerprint density at radius 2 is 1.96 bits per heavy atom. The average Bonchev–Trinajstić information content (AvgIpc) is 2.49. The maximum absolute atomic E-state index is 12.3. The van der Waals surface area contributed by atoms with Crippen molar-refractivity contribution in [3.8, 4) is 0 Å². The second-order valence-electron chi connectivity index (χ2n) is 5.31. The van der Waals surface area contributed by atoms with Gasteiger partial charge in [0.25, 0.3) is 0 Å². The summed E-state index contributed by atoms with van der Waals surface area (Å²) in [4.78, 5) is 25.1. The van der Waals surface area contributed by atoms with Crippen LogP contribution in [0.5, 0.6) is 0 Å². The van der Waals surface area contributed by atoms with Gasteiger partial charge in [-0.3, -0.25) is 4.79 Å². The van der Waals surface area contributed by atoms with E-state index in [0.717, 1.165) is 11.1 Å². The molecule has 0 unspecified atom stereocenters. The molecule has 0 aliphatic rings. The summed E-state index contributed by atoms with van der Waals surface area (Å²) in [5.74, 6) is -0.534. The fourth-order valence-corrected chi connectivity index (χ4v) is 2.31. The monoisotopic (exact) mass is 331 g/mol. The molecule has 3 amide bonds. The highest BCUT2D eigenvalue weighted by Crippen LogP contribution is 2.18. The molecular formula is C17H18ClN3O2. The molecular weight excluding hydrogens is 314 g/mol. The minimum Gasteiger partial charge on any atom is -0.366 e. The van der Waals surface area contributed by atoms with E-state index in [0.29, 0.717) is 22.8 Å². The Balaban J connectivity index is 2.09. The van der Waals surface area contributed by atoms with Crippen LogP contribution in [0, 0.1) is 6.92 Å². The van der Waals surface area contributed by atoms with E-state index in [9.17, 15) is 9.59 Å². The van der Waals surface area contributed by atoms with Crippen molar-refractivity contribution in [1.82, 2.24) is 4.90 Å². The molecule has 0 saturated carbocycles. The van der Waals surface area contributed by atoms with Crippen LogP contribution in [-0.2, 0) is 6.54 Å². The summed E-state index contributed by atoms with van der Waals surface area (Å²) in [5.41, 5.74) is 7.95. The summed E-state index contributed by atoms with van der Waals surface area (Å²) in [6.07, 6.45) is 0. The third-order valence-electron chi connectivity index (χ3n) is 3.42. The van der Waals surface area contributed by atoms with Gasteiger partial charge in [-0.2, -0.15) is 0 Å². The summed E-state index contributed by atoms with van der Waals surface area (Å²) in [7, 11) is 1.68. The van der Waals surface area contributed by atoms with Gasteiger partial charge >= 0.3 is 6.03 Å². The molecule has 2 aromatic carbocycles. The largest absolute Gasteiger partial charge is 0.366 e. The number of rotatable bonds is 4. The molecule has 0 atom stereocenters. The highest BCUT2D eigenvalue weighted by molar-refractivity contribution is 6.30. The van der Waals surface area contributed by atoms with Gasteiger partial charge in [-0.25, -0.2) is 4.79 Å². The van der Waals surface area contributed by atoms with Crippen LogP contribution >= 0.6 is 11.6 Å². The predicted molar refractivity (Wildman–Crippen MR) is 91.6 cm³/mol. The topological polar surface area (TPSA) is 75.4 Å². The van der Waals surface area contributed by atoms with Gasteiger partial charge in [-0.05, 0) is 42.3 Å². The average molecular weight is 332 g/mol. The van der Waals surface area contributed by atoms with E-state index in [1.165, 1.54) is 4.90 Å². The van der Waals surface area contributed by atoms with Crippen molar-refractivity contribution in [3.63, 3.8) is 0 Å². The highest BCUT2D eigenvalue weighted by atomic mass is 35.5. The standard InChI is InChI=1S/C17H18ClN3O2/c1-11-6-7-13(16(19)22)9-15(11)20-17(23)21(2)10-12-4-3-5-14(18)8-12/h3-9H,10H2,1-2H3,(H2,19,22)(H,20,23). The van der Waals surface area contributed by atoms with Crippen molar-refractivity contribution in [2.75, 3.05) is 12.4 Å². The number of primary amides is 1. The lowest BCUT2D eigenvalue weighted by atomic mass is 10.1. The Labute approximate surface area is 140 Å². The molecule has 23 heavy (non-hydrogen) atoms. The number of nitrogens with one attached hydrogen (secondary N) is 1. The Bertz CT molecular complexity index is 746. The zero-order valence-corrected chi connectivity index (χ0v) is 13.7. The first-order chi connectivity index (χ1) is 10.9. The second kappa shape index (κ2) is 7.15. The number of carbonyl (C=O) groups excluding carboxylic acids is 2. The number of carbonyl (C=O) groups is 2. The SMILES string of the molecule is Cc1ccc(C(N)=O)cc1NC(=O)N(C)Cc1cccc(Cl)c1. The maximum Gasteiger partial charge on any atom is 0.321 e. The van der Waals surface area contributed by atoms with E-state index < -0.39 is 5.91 Å². The van der Waals surface area contributed by atoms with Crippen molar-refractivity contribution < 1.29 is 9.59 Å². The Morgan fingerprint density at radius 1 is 1.22 bits per heavy atom. The fourth-order valence-electron chi connectivity index (χ4n) is 2.10. The zero-order valence-electron chi connectivity index (χ0n) is 13.0. The molecule has 6 heteroatoms. The van der Waals surface area contributed by atoms with E-state index >= 15 is 0 Å². The number of anilines is 1. The van der Waals surface area contributed by atoms with Gasteiger partial charge in [-0.15, -0.1) is 0 Å². The van der Waals surface area contributed by atoms with Crippen molar-refractivity contribution in [1.29, 1.82) is 0 Å². The summed E-state index contributed by atoms with van der Waals surface area (Å²) in [6, 6.07) is 12.0. The van der Waals surface area contributed by atoms with E-state index in [4.69, 9.17) is 17.3 Å². The van der Waals surface area contributed by atoms with Crippen LogP contribution < -0.4 is 11.1 Å². The first kappa shape index (κ1) is 16.8. The van der Waals surface area contributed by atoms with E-state index in [1.54, 1.807) is 31.3 Å². The number of aryl methyl sites for hydroxylation is 1. The van der Waals surface area contributed by atoms with Crippen LogP contribution in [0.4, 0.5) is 10.5 Å². The van der Waals surface area contributed by atoms with E-state index in [2.05, 4.69) is 5.32 Å². The minimum atomic E-state index is -0.534. The van der Waals surface area contributed by atoms with Crippen molar-refractivity contribution in [3.05, 3.63) is 64.2 Å². The van der Waals surface area contributed by atoms with Gasteiger partial charge in [-0.1, -0.05) is 29.8 Å². The van der Waals surface area contributed by atoms with Gasteiger partial charge in [0.05, 0.1) is 0 Å². The summed E-state index contributed by atoms with van der Waals surface area (Å²) in [6.45, 7) is 2.26. The summed E-state index contributed by atoms with van der Waals surface area (Å²) >= 11 is 5.94. The normalized spacial score (nSPS) is 10.2. The molecule has 0 radical (unpaired) electrons. The van der Waals surface area contributed by atoms with E-state index in [1.807, 2.05) is 25.1 Å². The van der Waals surface area contributed by atoms with Gasteiger partial charge in [0, 0.05) is 29.9 Å². The van der Waals surface area contributed by atoms with Gasteiger partial charge in [0.2, 0.25) is 5.91 Å². The molecule has 0 aliphatic carbocycles. The summed E-state index contributed by atoms with van der Waals surface area (Å²) in [5, 5.41) is 3.41. The fraction of sp³-hybridized carbons (Fsp3) is 0.176. The van der Waals surface area contributed by atoms with Crippen molar-refractivity contribution >= 4 is 29.2 Å². The Kier molecular flexibility index (Phi) is 5.24. The predicted octanol–water partition coefficient (Wildman–Crippen LogP) is 3.41. The molecule has 120 valence electrons. The van der Waals surface area contributed by atoms with Crippen LogP contribution in [0.2, 0.25) is 5.02 Å². The quantitative estimate of drug-likeness (QED) is 0.900. The number of nitrogens with two attached hydrogens (primary N) is 1.